The van der Waals surface area contributed by atoms with Crippen LogP contribution in [0.5, 0.6) is 5.75 Å². The third kappa shape index (κ3) is 4.46. The number of thioether (sulfide) groups is 1. The zero-order chi connectivity index (χ0) is 13.5. The summed E-state index contributed by atoms with van der Waals surface area (Å²) in [6.45, 7) is 1.89. The second-order valence-corrected chi connectivity index (χ2v) is 5.77. The van der Waals surface area contributed by atoms with Gasteiger partial charge in [-0.05, 0) is 37.0 Å². The van der Waals surface area contributed by atoms with Gasteiger partial charge in [0.05, 0.1) is 12.9 Å². The molecule has 1 aliphatic heterocycles. The van der Waals surface area contributed by atoms with E-state index in [1.54, 1.807) is 18.9 Å². The van der Waals surface area contributed by atoms with Crippen molar-refractivity contribution in [1.82, 2.24) is 4.90 Å². The van der Waals surface area contributed by atoms with Crippen LogP contribution in [0, 0.1) is 0 Å². The molecule has 3 nitrogen and oxygen atoms in total. The van der Waals surface area contributed by atoms with Crippen molar-refractivity contribution in [2.24, 2.45) is 0 Å². The summed E-state index contributed by atoms with van der Waals surface area (Å²) in [6, 6.07) is 8.03. The number of hydrogen-bond acceptors (Lipinski definition) is 3. The number of benzene rings is 1. The lowest BCUT2D eigenvalue weighted by Crippen LogP contribution is -2.36. The maximum Gasteiger partial charge on any atom is 0.232 e. The molecule has 1 aromatic carbocycles. The van der Waals surface area contributed by atoms with Gasteiger partial charge in [-0.25, -0.2) is 0 Å². The van der Waals surface area contributed by atoms with Crippen molar-refractivity contribution in [3.63, 3.8) is 0 Å². The number of likely N-dealkylation sites (tertiary alicyclic amines) is 1. The predicted octanol–water partition coefficient (Wildman–Crippen LogP) is 2.94. The van der Waals surface area contributed by atoms with Gasteiger partial charge in [-0.1, -0.05) is 12.1 Å². The summed E-state index contributed by atoms with van der Waals surface area (Å²) >= 11 is 1.69. The summed E-state index contributed by atoms with van der Waals surface area (Å²) in [7, 11) is 1.67. The molecule has 0 N–H and O–H groups in total. The highest BCUT2D eigenvalue weighted by atomic mass is 32.2. The second-order valence-electron chi connectivity index (χ2n) is 4.78. The van der Waals surface area contributed by atoms with E-state index < -0.39 is 0 Å². The van der Waals surface area contributed by atoms with Gasteiger partial charge in [0.25, 0.3) is 0 Å². The molecule has 2 rings (SSSR count). The number of nitrogens with zero attached hydrogens (tertiary/aromatic N) is 1. The number of carbonyl (C=O) groups excluding carboxylic acids is 1. The maximum absolute atomic E-state index is 12.0. The molecule has 1 amide bonds. The van der Waals surface area contributed by atoms with Crippen molar-refractivity contribution in [1.29, 1.82) is 0 Å². The lowest BCUT2D eigenvalue weighted by atomic mass is 10.1. The van der Waals surface area contributed by atoms with E-state index in [-0.39, 0.29) is 0 Å². The number of piperidine rings is 1. The molecule has 0 aliphatic carbocycles. The average molecular weight is 279 g/mol. The molecule has 19 heavy (non-hydrogen) atoms. The molecule has 104 valence electrons. The highest BCUT2D eigenvalue weighted by Crippen LogP contribution is 2.17. The number of rotatable bonds is 5. The SMILES string of the molecule is COc1ccc(CSCC(=O)N2CCCCC2)cc1. The van der Waals surface area contributed by atoms with Gasteiger partial charge in [0.15, 0.2) is 0 Å². The molecule has 0 atom stereocenters. The molecular weight excluding hydrogens is 258 g/mol. The van der Waals surface area contributed by atoms with Gasteiger partial charge in [-0.3, -0.25) is 4.79 Å². The van der Waals surface area contributed by atoms with Crippen LogP contribution in [0.4, 0.5) is 0 Å². The van der Waals surface area contributed by atoms with E-state index in [1.165, 1.54) is 12.0 Å². The molecule has 4 heteroatoms. The molecule has 0 radical (unpaired) electrons. The highest BCUT2D eigenvalue weighted by Gasteiger charge is 2.15. The Morgan fingerprint density at radius 2 is 1.89 bits per heavy atom. The van der Waals surface area contributed by atoms with Gasteiger partial charge >= 0.3 is 0 Å². The Labute approximate surface area is 119 Å². The smallest absolute Gasteiger partial charge is 0.232 e. The molecule has 0 unspecified atom stereocenters. The van der Waals surface area contributed by atoms with Crippen LogP contribution in [0.15, 0.2) is 24.3 Å². The minimum atomic E-state index is 0.290. The summed E-state index contributed by atoms with van der Waals surface area (Å²) in [5.74, 6) is 2.63. The van der Waals surface area contributed by atoms with E-state index in [0.29, 0.717) is 11.7 Å². The first kappa shape index (κ1) is 14.3. The van der Waals surface area contributed by atoms with Gasteiger partial charge in [0.1, 0.15) is 5.75 Å². The molecular formula is C15H21NO2S. The maximum atomic E-state index is 12.0. The van der Waals surface area contributed by atoms with Crippen LogP contribution in [0.1, 0.15) is 24.8 Å². The van der Waals surface area contributed by atoms with Crippen molar-refractivity contribution in [2.75, 3.05) is 26.0 Å². The molecule has 1 saturated heterocycles. The van der Waals surface area contributed by atoms with Crippen molar-refractivity contribution in [3.05, 3.63) is 29.8 Å². The monoisotopic (exact) mass is 279 g/mol. The van der Waals surface area contributed by atoms with Crippen LogP contribution in [-0.2, 0) is 10.5 Å². The van der Waals surface area contributed by atoms with Crippen LogP contribution >= 0.6 is 11.8 Å². The Morgan fingerprint density at radius 1 is 1.21 bits per heavy atom. The van der Waals surface area contributed by atoms with Crippen molar-refractivity contribution < 1.29 is 9.53 Å². The first-order chi connectivity index (χ1) is 9.29. The fraction of sp³-hybridized carbons (Fsp3) is 0.533. The number of ether oxygens (including phenoxy) is 1. The summed E-state index contributed by atoms with van der Waals surface area (Å²) in [6.07, 6.45) is 3.59. The van der Waals surface area contributed by atoms with Crippen molar-refractivity contribution in [2.45, 2.75) is 25.0 Å². The molecule has 1 heterocycles. The lowest BCUT2D eigenvalue weighted by molar-refractivity contribution is -0.129. The zero-order valence-corrected chi connectivity index (χ0v) is 12.2. The Morgan fingerprint density at radius 3 is 2.53 bits per heavy atom. The van der Waals surface area contributed by atoms with E-state index in [2.05, 4.69) is 12.1 Å². The molecule has 1 aromatic rings. The minimum absolute atomic E-state index is 0.290. The summed E-state index contributed by atoms with van der Waals surface area (Å²) in [5.41, 5.74) is 1.23. The zero-order valence-electron chi connectivity index (χ0n) is 11.4. The molecule has 0 bridgehead atoms. The topological polar surface area (TPSA) is 29.5 Å². The van der Waals surface area contributed by atoms with E-state index >= 15 is 0 Å². The van der Waals surface area contributed by atoms with Crippen LogP contribution in [-0.4, -0.2) is 36.8 Å². The first-order valence-electron chi connectivity index (χ1n) is 6.78. The van der Waals surface area contributed by atoms with Crippen molar-refractivity contribution >= 4 is 17.7 Å². The van der Waals surface area contributed by atoms with Gasteiger partial charge in [0.2, 0.25) is 5.91 Å². The van der Waals surface area contributed by atoms with Crippen LogP contribution < -0.4 is 4.74 Å². The van der Waals surface area contributed by atoms with E-state index in [1.807, 2.05) is 17.0 Å². The molecule has 0 aromatic heterocycles. The molecule has 1 fully saturated rings. The molecule has 0 spiro atoms. The standard InChI is InChI=1S/C15H21NO2S/c1-18-14-7-5-13(6-8-14)11-19-12-15(17)16-9-3-2-4-10-16/h5-8H,2-4,9-12H2,1H3. The normalized spacial score (nSPS) is 15.3. The molecule has 1 aliphatic rings. The van der Waals surface area contributed by atoms with E-state index in [4.69, 9.17) is 4.74 Å². The fourth-order valence-corrected chi connectivity index (χ4v) is 3.10. The average Bonchev–Trinajstić information content (AvgIpc) is 2.49. The summed E-state index contributed by atoms with van der Waals surface area (Å²) < 4.78 is 5.12. The van der Waals surface area contributed by atoms with Crippen LogP contribution in [0.2, 0.25) is 0 Å². The van der Waals surface area contributed by atoms with E-state index in [9.17, 15) is 4.79 Å². The number of methoxy groups -OCH3 is 1. The first-order valence-corrected chi connectivity index (χ1v) is 7.93. The Balaban J connectivity index is 1.71. The molecule has 0 saturated carbocycles. The van der Waals surface area contributed by atoms with Gasteiger partial charge in [-0.15, -0.1) is 11.8 Å². The number of carbonyl (C=O) groups is 1. The van der Waals surface area contributed by atoms with Crippen molar-refractivity contribution in [3.8, 4) is 5.75 Å². The lowest BCUT2D eigenvalue weighted by Gasteiger charge is -2.26. The quantitative estimate of drug-likeness (QED) is 0.830. The van der Waals surface area contributed by atoms with Gasteiger partial charge < -0.3 is 9.64 Å². The highest BCUT2D eigenvalue weighted by molar-refractivity contribution is 7.99. The number of amides is 1. The third-order valence-electron chi connectivity index (χ3n) is 3.36. The van der Waals surface area contributed by atoms with E-state index in [0.717, 1.165) is 37.4 Å². The number of hydrogen-bond donors (Lipinski definition) is 0. The minimum Gasteiger partial charge on any atom is -0.497 e. The Bertz CT molecular complexity index is 399. The summed E-state index contributed by atoms with van der Waals surface area (Å²) in [4.78, 5) is 14.0. The van der Waals surface area contributed by atoms with Crippen LogP contribution in [0.3, 0.4) is 0 Å². The Kier molecular flexibility index (Phi) is 5.58. The largest absolute Gasteiger partial charge is 0.497 e. The second kappa shape index (κ2) is 7.43. The fourth-order valence-electron chi connectivity index (χ4n) is 2.21. The predicted molar refractivity (Wildman–Crippen MR) is 79.6 cm³/mol. The van der Waals surface area contributed by atoms with Crippen LogP contribution in [0.25, 0.3) is 0 Å². The van der Waals surface area contributed by atoms with Gasteiger partial charge in [0, 0.05) is 18.8 Å². The third-order valence-corrected chi connectivity index (χ3v) is 4.35. The summed E-state index contributed by atoms with van der Waals surface area (Å²) in [5, 5.41) is 0. The van der Waals surface area contributed by atoms with Gasteiger partial charge in [-0.2, -0.15) is 0 Å². The Hall–Kier alpha value is -1.16.